The van der Waals surface area contributed by atoms with Gasteiger partial charge in [-0.25, -0.2) is 4.39 Å². The van der Waals surface area contributed by atoms with Gasteiger partial charge in [0.1, 0.15) is 11.7 Å². The lowest BCUT2D eigenvalue weighted by molar-refractivity contribution is 0.0440. The molecule has 0 aromatic heterocycles. The van der Waals surface area contributed by atoms with E-state index in [1.54, 1.807) is 6.07 Å². The third-order valence-electron chi connectivity index (χ3n) is 3.53. The van der Waals surface area contributed by atoms with Crippen LogP contribution in [0.15, 0.2) is 18.2 Å². The van der Waals surface area contributed by atoms with Crippen molar-refractivity contribution in [3.05, 3.63) is 29.6 Å². The molecule has 1 aliphatic heterocycles. The topological polar surface area (TPSA) is 62.3 Å². The van der Waals surface area contributed by atoms with E-state index < -0.39 is 0 Å². The van der Waals surface area contributed by atoms with Crippen molar-refractivity contribution in [1.82, 2.24) is 0 Å². The molecule has 4 nitrogen and oxygen atoms in total. The highest BCUT2D eigenvalue weighted by molar-refractivity contribution is 6.00. The Hall–Kier alpha value is -1.62. The van der Waals surface area contributed by atoms with Crippen molar-refractivity contribution in [2.24, 2.45) is 5.73 Å². The average molecular weight is 279 g/mol. The first kappa shape index (κ1) is 14.8. The summed E-state index contributed by atoms with van der Waals surface area (Å²) in [6, 6.07) is 4.45. The largest absolute Gasteiger partial charge is 0.384 e. The molecule has 1 aromatic carbocycles. The third kappa shape index (κ3) is 3.48. The van der Waals surface area contributed by atoms with Crippen LogP contribution in [-0.4, -0.2) is 31.6 Å². The summed E-state index contributed by atoms with van der Waals surface area (Å²) in [6.45, 7) is 4.51. The minimum absolute atomic E-state index is 0.101. The molecule has 1 aliphatic rings. The quantitative estimate of drug-likeness (QED) is 0.643. The minimum Gasteiger partial charge on any atom is -0.384 e. The second-order valence-corrected chi connectivity index (χ2v) is 5.16. The van der Waals surface area contributed by atoms with Crippen LogP contribution < -0.4 is 10.6 Å². The van der Waals surface area contributed by atoms with Gasteiger partial charge in [0.2, 0.25) is 0 Å². The zero-order chi connectivity index (χ0) is 14.5. The number of halogens is 1. The first-order valence-corrected chi connectivity index (χ1v) is 7.12. The van der Waals surface area contributed by atoms with Crippen LogP contribution in [0.1, 0.15) is 31.7 Å². The van der Waals surface area contributed by atoms with Crippen LogP contribution in [0.5, 0.6) is 0 Å². The fourth-order valence-electron chi connectivity index (χ4n) is 2.58. The summed E-state index contributed by atoms with van der Waals surface area (Å²) in [4.78, 5) is 2.14. The number of rotatable bonds is 5. The molecule has 0 saturated carbocycles. The number of nitrogen functional groups attached to an aromatic ring is 1. The number of nitrogens with one attached hydrogen (secondary N) is 1. The van der Waals surface area contributed by atoms with Crippen molar-refractivity contribution >= 4 is 11.5 Å². The molecular weight excluding hydrogens is 257 g/mol. The van der Waals surface area contributed by atoms with Gasteiger partial charge in [0.25, 0.3) is 0 Å². The molecule has 0 amide bonds. The number of piperidine rings is 1. The Labute approximate surface area is 119 Å². The lowest BCUT2D eigenvalue weighted by Gasteiger charge is -2.35. The van der Waals surface area contributed by atoms with E-state index in [4.69, 9.17) is 15.9 Å². The van der Waals surface area contributed by atoms with Gasteiger partial charge in [-0.3, -0.25) is 5.41 Å². The Balaban J connectivity index is 2.16. The minimum atomic E-state index is -0.366. The molecule has 1 atom stereocenters. The van der Waals surface area contributed by atoms with Gasteiger partial charge in [0.05, 0.1) is 6.10 Å². The monoisotopic (exact) mass is 279 g/mol. The molecule has 110 valence electrons. The van der Waals surface area contributed by atoms with Crippen LogP contribution in [0.3, 0.4) is 0 Å². The van der Waals surface area contributed by atoms with Crippen LogP contribution >= 0.6 is 0 Å². The summed E-state index contributed by atoms with van der Waals surface area (Å²) in [7, 11) is 0. The van der Waals surface area contributed by atoms with E-state index >= 15 is 0 Å². The van der Waals surface area contributed by atoms with Crippen LogP contribution in [0.2, 0.25) is 0 Å². The summed E-state index contributed by atoms with van der Waals surface area (Å²) in [5.41, 5.74) is 6.85. The molecule has 2 rings (SSSR count). The maximum absolute atomic E-state index is 13.3. The van der Waals surface area contributed by atoms with Crippen LogP contribution in [-0.2, 0) is 4.74 Å². The van der Waals surface area contributed by atoms with E-state index in [0.29, 0.717) is 5.56 Å². The maximum atomic E-state index is 13.3. The predicted octanol–water partition coefficient (Wildman–Crippen LogP) is 2.51. The molecule has 0 radical (unpaired) electrons. The second-order valence-electron chi connectivity index (χ2n) is 5.16. The number of hydrogen-bond acceptors (Lipinski definition) is 3. The highest BCUT2D eigenvalue weighted by Crippen LogP contribution is 2.25. The van der Waals surface area contributed by atoms with Gasteiger partial charge >= 0.3 is 0 Å². The van der Waals surface area contributed by atoms with Gasteiger partial charge in [-0.1, -0.05) is 6.92 Å². The Bertz CT molecular complexity index is 478. The highest BCUT2D eigenvalue weighted by atomic mass is 19.1. The van der Waals surface area contributed by atoms with E-state index in [0.717, 1.165) is 44.6 Å². The fraction of sp³-hybridized carbons (Fsp3) is 0.533. The fourth-order valence-corrected chi connectivity index (χ4v) is 2.58. The zero-order valence-electron chi connectivity index (χ0n) is 11.9. The Kier molecular flexibility index (Phi) is 4.95. The summed E-state index contributed by atoms with van der Waals surface area (Å²) in [5.74, 6) is -0.467. The highest BCUT2D eigenvalue weighted by Gasteiger charge is 2.23. The van der Waals surface area contributed by atoms with Gasteiger partial charge in [-0.15, -0.1) is 0 Å². The molecule has 5 heteroatoms. The molecule has 1 aromatic rings. The molecule has 1 saturated heterocycles. The van der Waals surface area contributed by atoms with Crippen LogP contribution in [0.25, 0.3) is 0 Å². The molecule has 1 fully saturated rings. The predicted molar refractivity (Wildman–Crippen MR) is 78.9 cm³/mol. The number of hydrogen-bond donors (Lipinski definition) is 2. The van der Waals surface area contributed by atoms with E-state index in [2.05, 4.69) is 11.8 Å². The lowest BCUT2D eigenvalue weighted by atomic mass is 10.0. The molecule has 0 spiro atoms. The van der Waals surface area contributed by atoms with E-state index in [-0.39, 0.29) is 17.8 Å². The van der Waals surface area contributed by atoms with Crippen LogP contribution in [0.4, 0.5) is 10.1 Å². The number of benzene rings is 1. The number of anilines is 1. The second kappa shape index (κ2) is 6.70. The molecule has 20 heavy (non-hydrogen) atoms. The number of ether oxygens (including phenoxy) is 1. The smallest absolute Gasteiger partial charge is 0.125 e. The summed E-state index contributed by atoms with van der Waals surface area (Å²) in [6.07, 6.45) is 3.29. The summed E-state index contributed by atoms with van der Waals surface area (Å²) < 4.78 is 19.1. The molecule has 1 unspecified atom stereocenters. The van der Waals surface area contributed by atoms with Gasteiger partial charge in [0, 0.05) is 30.9 Å². The van der Waals surface area contributed by atoms with E-state index in [1.807, 2.05) is 0 Å². The van der Waals surface area contributed by atoms with E-state index in [1.165, 1.54) is 12.1 Å². The van der Waals surface area contributed by atoms with Crippen molar-refractivity contribution in [2.75, 3.05) is 24.6 Å². The Morgan fingerprint density at radius 3 is 3.05 bits per heavy atom. The first-order valence-electron chi connectivity index (χ1n) is 7.12. The number of amidine groups is 1. The maximum Gasteiger partial charge on any atom is 0.125 e. The number of nitrogens with zero attached hydrogens (tertiary/aromatic N) is 1. The Morgan fingerprint density at radius 1 is 1.55 bits per heavy atom. The summed E-state index contributed by atoms with van der Waals surface area (Å²) in [5, 5.41) is 7.61. The van der Waals surface area contributed by atoms with Gasteiger partial charge in [0.15, 0.2) is 0 Å². The van der Waals surface area contributed by atoms with Crippen molar-refractivity contribution in [2.45, 2.75) is 32.3 Å². The molecule has 1 heterocycles. The normalized spacial score (nSPS) is 19.1. The molecule has 3 N–H and O–H groups in total. The standard InChI is InChI=1S/C15H22FN3O/c1-2-8-20-12-4-3-7-19(10-12)14-6-5-11(16)9-13(14)15(17)18/h5-6,9,12H,2-4,7-8,10H2,1H3,(H3,17,18). The van der Waals surface area contributed by atoms with Crippen molar-refractivity contribution in [1.29, 1.82) is 5.41 Å². The molecule has 0 bridgehead atoms. The van der Waals surface area contributed by atoms with E-state index in [9.17, 15) is 4.39 Å². The Morgan fingerprint density at radius 2 is 2.35 bits per heavy atom. The van der Waals surface area contributed by atoms with Crippen LogP contribution in [0, 0.1) is 11.2 Å². The van der Waals surface area contributed by atoms with Crippen molar-refractivity contribution in [3.8, 4) is 0 Å². The third-order valence-corrected chi connectivity index (χ3v) is 3.53. The lowest BCUT2D eigenvalue weighted by Crippen LogP contribution is -2.40. The first-order chi connectivity index (χ1) is 9.61. The SMILES string of the molecule is CCCOC1CCCN(c2ccc(F)cc2C(=N)N)C1. The molecule has 0 aliphatic carbocycles. The van der Waals surface area contributed by atoms with Gasteiger partial charge in [-0.05, 0) is 37.5 Å². The number of nitrogens with two attached hydrogens (primary N) is 1. The summed E-state index contributed by atoms with van der Waals surface area (Å²) >= 11 is 0. The van der Waals surface area contributed by atoms with Crippen molar-refractivity contribution < 1.29 is 9.13 Å². The average Bonchev–Trinajstić information content (AvgIpc) is 2.45. The van der Waals surface area contributed by atoms with Gasteiger partial charge in [-0.2, -0.15) is 0 Å². The van der Waals surface area contributed by atoms with Crippen molar-refractivity contribution in [3.63, 3.8) is 0 Å². The zero-order valence-corrected chi connectivity index (χ0v) is 11.9. The molecular formula is C15H22FN3O. The van der Waals surface area contributed by atoms with Gasteiger partial charge < -0.3 is 15.4 Å².